The van der Waals surface area contributed by atoms with Crippen molar-refractivity contribution in [1.82, 2.24) is 5.43 Å². The molecule has 3 aromatic rings. The van der Waals surface area contributed by atoms with Gasteiger partial charge in [0.1, 0.15) is 5.75 Å². The van der Waals surface area contributed by atoms with Gasteiger partial charge in [-0.25, -0.2) is 10.2 Å². The number of ether oxygens (including phenoxy) is 1. The highest BCUT2D eigenvalue weighted by molar-refractivity contribution is 6.45. The fraction of sp³-hybridized carbons (Fsp3) is 0.0833. The van der Waals surface area contributed by atoms with Crippen LogP contribution in [0.2, 0.25) is 10.0 Å². The molecule has 2 amide bonds. The summed E-state index contributed by atoms with van der Waals surface area (Å²) in [5.41, 5.74) is 4.38. The molecule has 33 heavy (non-hydrogen) atoms. The molecule has 0 aliphatic rings. The van der Waals surface area contributed by atoms with Crippen LogP contribution in [0.1, 0.15) is 28.4 Å². The normalized spacial score (nSPS) is 11.0. The minimum atomic E-state index is -1.01. The number of rotatable bonds is 5. The molecule has 3 aromatic carbocycles. The van der Waals surface area contributed by atoms with Gasteiger partial charge in [0, 0.05) is 5.56 Å². The summed E-state index contributed by atoms with van der Waals surface area (Å²) in [5.74, 6) is -2.25. The maximum Gasteiger partial charge on any atom is 0.343 e. The minimum Gasteiger partial charge on any atom is -0.422 e. The molecule has 0 atom stereocenters. The van der Waals surface area contributed by atoms with Crippen molar-refractivity contribution in [2.75, 3.05) is 5.32 Å². The van der Waals surface area contributed by atoms with E-state index < -0.39 is 17.8 Å². The van der Waals surface area contributed by atoms with Gasteiger partial charge in [0.05, 0.1) is 27.0 Å². The summed E-state index contributed by atoms with van der Waals surface area (Å²) >= 11 is 11.9. The van der Waals surface area contributed by atoms with Crippen molar-refractivity contribution in [2.45, 2.75) is 13.8 Å². The van der Waals surface area contributed by atoms with Crippen LogP contribution < -0.4 is 15.5 Å². The van der Waals surface area contributed by atoms with Crippen LogP contribution in [-0.4, -0.2) is 23.5 Å². The maximum atomic E-state index is 12.6. The van der Waals surface area contributed by atoms with E-state index in [1.54, 1.807) is 55.5 Å². The predicted octanol–water partition coefficient (Wildman–Crippen LogP) is 5.00. The number of nitrogens with zero attached hydrogens (tertiary/aromatic N) is 1. The van der Waals surface area contributed by atoms with Crippen LogP contribution in [0, 0.1) is 6.92 Å². The Morgan fingerprint density at radius 2 is 1.52 bits per heavy atom. The second kappa shape index (κ2) is 10.8. The number of benzene rings is 3. The second-order valence-electron chi connectivity index (χ2n) is 6.89. The van der Waals surface area contributed by atoms with Gasteiger partial charge in [0.15, 0.2) is 0 Å². The van der Waals surface area contributed by atoms with E-state index in [1.807, 2.05) is 19.1 Å². The lowest BCUT2D eigenvalue weighted by Crippen LogP contribution is -2.33. The van der Waals surface area contributed by atoms with Crippen LogP contribution in [0.4, 0.5) is 5.69 Å². The molecule has 0 heterocycles. The highest BCUT2D eigenvalue weighted by Crippen LogP contribution is 2.29. The van der Waals surface area contributed by atoms with Gasteiger partial charge in [0.2, 0.25) is 0 Å². The van der Waals surface area contributed by atoms with Gasteiger partial charge < -0.3 is 10.1 Å². The molecule has 0 saturated heterocycles. The number of amides is 2. The molecule has 0 saturated carbocycles. The molecule has 0 radical (unpaired) electrons. The van der Waals surface area contributed by atoms with Crippen LogP contribution in [-0.2, 0) is 9.59 Å². The number of hydrogen-bond donors (Lipinski definition) is 2. The fourth-order valence-electron chi connectivity index (χ4n) is 2.84. The summed E-state index contributed by atoms with van der Waals surface area (Å²) < 4.78 is 5.55. The molecule has 0 aliphatic heterocycles. The first kappa shape index (κ1) is 24.0. The Bertz CT molecular complexity index is 1260. The van der Waals surface area contributed by atoms with Crippen molar-refractivity contribution in [3.05, 3.63) is 93.5 Å². The van der Waals surface area contributed by atoms with Crippen molar-refractivity contribution in [1.29, 1.82) is 0 Å². The molecule has 0 bridgehead atoms. The summed E-state index contributed by atoms with van der Waals surface area (Å²) in [7, 11) is 0. The Morgan fingerprint density at radius 1 is 0.848 bits per heavy atom. The quantitative estimate of drug-likeness (QED) is 0.175. The summed E-state index contributed by atoms with van der Waals surface area (Å²) in [6.45, 7) is 3.42. The third-order valence-electron chi connectivity index (χ3n) is 4.58. The molecule has 0 aliphatic carbocycles. The number of esters is 1. The molecular formula is C24H19Cl2N3O4. The van der Waals surface area contributed by atoms with Gasteiger partial charge in [-0.1, -0.05) is 59.6 Å². The number of hydrogen-bond acceptors (Lipinski definition) is 5. The summed E-state index contributed by atoms with van der Waals surface area (Å²) in [6, 6.07) is 18.4. The maximum absolute atomic E-state index is 12.6. The van der Waals surface area contributed by atoms with Crippen LogP contribution >= 0.6 is 23.2 Å². The fourth-order valence-corrected chi connectivity index (χ4v) is 3.18. The second-order valence-corrected chi connectivity index (χ2v) is 7.68. The Kier molecular flexibility index (Phi) is 7.82. The largest absolute Gasteiger partial charge is 0.422 e. The van der Waals surface area contributed by atoms with Gasteiger partial charge in [-0.05, 0) is 49.7 Å². The van der Waals surface area contributed by atoms with E-state index in [-0.39, 0.29) is 21.5 Å². The van der Waals surface area contributed by atoms with Gasteiger partial charge in [-0.3, -0.25) is 9.59 Å². The number of halogens is 2. The predicted molar refractivity (Wildman–Crippen MR) is 128 cm³/mol. The van der Waals surface area contributed by atoms with E-state index >= 15 is 0 Å². The Labute approximate surface area is 200 Å². The first-order chi connectivity index (χ1) is 15.8. The number of carbonyl (C=O) groups excluding carboxylic acids is 3. The molecule has 0 spiro atoms. The van der Waals surface area contributed by atoms with Gasteiger partial charge in [0.25, 0.3) is 0 Å². The van der Waals surface area contributed by atoms with Crippen LogP contribution in [0.3, 0.4) is 0 Å². The van der Waals surface area contributed by atoms with E-state index in [0.717, 1.165) is 5.56 Å². The summed E-state index contributed by atoms with van der Waals surface area (Å²) in [6.07, 6.45) is 0. The van der Waals surface area contributed by atoms with Gasteiger partial charge >= 0.3 is 17.8 Å². The molecule has 7 nitrogen and oxygen atoms in total. The molecule has 2 N–H and O–H groups in total. The van der Waals surface area contributed by atoms with Gasteiger partial charge in [-0.2, -0.15) is 5.10 Å². The Morgan fingerprint density at radius 3 is 2.24 bits per heavy atom. The summed E-state index contributed by atoms with van der Waals surface area (Å²) in [4.78, 5) is 36.9. The molecule has 0 aromatic heterocycles. The number of para-hydroxylation sites is 1. The van der Waals surface area contributed by atoms with E-state index in [9.17, 15) is 14.4 Å². The van der Waals surface area contributed by atoms with E-state index in [1.165, 1.54) is 6.07 Å². The highest BCUT2D eigenvalue weighted by Gasteiger charge is 2.17. The van der Waals surface area contributed by atoms with Crippen molar-refractivity contribution < 1.29 is 19.1 Å². The third-order valence-corrected chi connectivity index (χ3v) is 5.39. The zero-order valence-corrected chi connectivity index (χ0v) is 19.2. The lowest BCUT2D eigenvalue weighted by molar-refractivity contribution is -0.136. The lowest BCUT2D eigenvalue weighted by Gasteiger charge is -2.11. The van der Waals surface area contributed by atoms with Crippen molar-refractivity contribution >= 4 is 52.4 Å². The van der Waals surface area contributed by atoms with E-state index in [0.29, 0.717) is 16.8 Å². The zero-order valence-electron chi connectivity index (χ0n) is 17.7. The number of hydrazone groups is 1. The molecule has 0 unspecified atom stereocenters. The molecule has 9 heteroatoms. The van der Waals surface area contributed by atoms with Crippen LogP contribution in [0.5, 0.6) is 5.75 Å². The lowest BCUT2D eigenvalue weighted by atomic mass is 10.1. The van der Waals surface area contributed by atoms with Gasteiger partial charge in [-0.15, -0.1) is 0 Å². The Hall–Kier alpha value is -3.68. The standard InChI is InChI=1S/C24H19Cl2N3O4/c1-14-8-3-4-9-16(14)24(32)33-20-13-6-5-10-17(20)15(2)28-29-23(31)22(30)27-19-12-7-11-18(25)21(19)26/h3-13H,1-2H3,(H,27,30)(H,29,31)/b28-15+. The average Bonchev–Trinajstić information content (AvgIpc) is 2.80. The monoisotopic (exact) mass is 483 g/mol. The molecule has 0 fully saturated rings. The molecule has 3 rings (SSSR count). The van der Waals surface area contributed by atoms with E-state index in [4.69, 9.17) is 27.9 Å². The smallest absolute Gasteiger partial charge is 0.343 e. The first-order valence-corrected chi connectivity index (χ1v) is 10.5. The first-order valence-electron chi connectivity index (χ1n) is 9.74. The molecular weight excluding hydrogens is 465 g/mol. The SMILES string of the molecule is C/C(=N\NC(=O)C(=O)Nc1cccc(Cl)c1Cl)c1ccccc1OC(=O)c1ccccc1C. The van der Waals surface area contributed by atoms with Crippen molar-refractivity contribution in [3.8, 4) is 5.75 Å². The zero-order chi connectivity index (χ0) is 24.0. The number of carbonyl (C=O) groups is 3. The topological polar surface area (TPSA) is 96.9 Å². The molecule has 168 valence electrons. The Balaban J connectivity index is 1.71. The van der Waals surface area contributed by atoms with Crippen LogP contribution in [0.15, 0.2) is 71.8 Å². The average molecular weight is 484 g/mol. The van der Waals surface area contributed by atoms with E-state index in [2.05, 4.69) is 15.8 Å². The summed E-state index contributed by atoms with van der Waals surface area (Å²) in [5, 5.41) is 6.68. The van der Waals surface area contributed by atoms with Crippen molar-refractivity contribution in [3.63, 3.8) is 0 Å². The minimum absolute atomic E-state index is 0.115. The highest BCUT2D eigenvalue weighted by atomic mass is 35.5. The number of aryl methyl sites for hydroxylation is 1. The third kappa shape index (κ3) is 5.97. The van der Waals surface area contributed by atoms with Crippen LogP contribution in [0.25, 0.3) is 0 Å². The number of nitrogens with one attached hydrogen (secondary N) is 2. The number of anilines is 1. The van der Waals surface area contributed by atoms with Crippen molar-refractivity contribution in [2.24, 2.45) is 5.10 Å².